The summed E-state index contributed by atoms with van der Waals surface area (Å²) in [6.45, 7) is 5.92. The average molecular weight is 562 g/mol. The van der Waals surface area contributed by atoms with Crippen LogP contribution in [0.2, 0.25) is 0 Å². The highest BCUT2D eigenvalue weighted by molar-refractivity contribution is 6.22. The molecule has 2 amide bonds. The molecule has 0 spiro atoms. The predicted molar refractivity (Wildman–Crippen MR) is 165 cm³/mol. The summed E-state index contributed by atoms with van der Waals surface area (Å²) in [5.74, 6) is -0.242. The molecule has 0 radical (unpaired) electrons. The monoisotopic (exact) mass is 561 g/mol. The Kier molecular flexibility index (Phi) is 5.46. The largest absolute Gasteiger partial charge is 0.269 e. The summed E-state index contributed by atoms with van der Waals surface area (Å²) in [7, 11) is 0. The molecule has 0 N–H and O–H groups in total. The van der Waals surface area contributed by atoms with Gasteiger partial charge in [0.1, 0.15) is 0 Å². The van der Waals surface area contributed by atoms with E-state index in [0.717, 1.165) is 50.3 Å². The maximum absolute atomic E-state index is 13.6. The number of pyridine rings is 1. The number of hydrogen-bond acceptors (Lipinski definition) is 5. The molecule has 208 valence electrons. The van der Waals surface area contributed by atoms with Crippen molar-refractivity contribution in [1.29, 1.82) is 0 Å². The lowest BCUT2D eigenvalue weighted by molar-refractivity contribution is 0.00398. The minimum Gasteiger partial charge on any atom is -0.269 e. The summed E-state index contributed by atoms with van der Waals surface area (Å²) in [4.78, 5) is 38.4. The Bertz CT molecular complexity index is 2070. The highest BCUT2D eigenvalue weighted by Gasteiger charge is 2.56. The number of aryl methyl sites for hydroxylation is 1. The van der Waals surface area contributed by atoms with Crippen LogP contribution in [0.4, 0.5) is 0 Å². The molecule has 1 saturated carbocycles. The van der Waals surface area contributed by atoms with Gasteiger partial charge in [-0.1, -0.05) is 72.8 Å². The second-order valence-corrected chi connectivity index (χ2v) is 11.5. The van der Waals surface area contributed by atoms with E-state index in [0.29, 0.717) is 24.0 Å². The van der Waals surface area contributed by atoms with Gasteiger partial charge in [-0.25, -0.2) is 9.97 Å². The molecule has 3 aromatic carbocycles. The maximum atomic E-state index is 13.6. The van der Waals surface area contributed by atoms with Crippen LogP contribution >= 0.6 is 0 Å². The molecule has 0 bridgehead atoms. The van der Waals surface area contributed by atoms with Crippen molar-refractivity contribution in [3.05, 3.63) is 132 Å². The lowest BCUT2D eigenvalue weighted by Crippen LogP contribution is -2.56. The average Bonchev–Trinajstić information content (AvgIpc) is 3.53. The summed E-state index contributed by atoms with van der Waals surface area (Å²) in [6.07, 6.45) is 5.06. The van der Waals surface area contributed by atoms with Crippen LogP contribution in [0.5, 0.6) is 0 Å². The molecule has 2 aliphatic rings. The van der Waals surface area contributed by atoms with Crippen LogP contribution in [0.3, 0.4) is 0 Å². The molecule has 1 fully saturated rings. The Morgan fingerprint density at radius 3 is 2.19 bits per heavy atom. The Labute approximate surface area is 248 Å². The van der Waals surface area contributed by atoms with Crippen LogP contribution in [-0.2, 0) is 5.54 Å². The Hall–Kier alpha value is -5.43. The smallest absolute Gasteiger partial charge is 0.262 e. The van der Waals surface area contributed by atoms with Gasteiger partial charge in [0.15, 0.2) is 11.3 Å². The van der Waals surface area contributed by atoms with E-state index in [1.807, 2.05) is 67.7 Å². The van der Waals surface area contributed by atoms with Crippen molar-refractivity contribution < 1.29 is 9.59 Å². The standard InChI is InChI=1S/C36H27N5O2/c1-3-23-19-36(20-23,40-34(42)28-11-7-8-12-29(28)35(40)43)27-15-13-25(14-16-27)32-30(24-9-5-4-6-10-24)18-26-21-37-31-17-22(2)39-41(31)33(26)38-32/h3-18,21,23H,1,19-20H2,2H3. The summed E-state index contributed by atoms with van der Waals surface area (Å²) >= 11 is 0. The summed E-state index contributed by atoms with van der Waals surface area (Å²) < 4.78 is 1.79. The van der Waals surface area contributed by atoms with E-state index in [4.69, 9.17) is 4.98 Å². The van der Waals surface area contributed by atoms with Gasteiger partial charge in [0.05, 0.1) is 28.1 Å². The van der Waals surface area contributed by atoms with Gasteiger partial charge in [-0.15, -0.1) is 6.58 Å². The van der Waals surface area contributed by atoms with E-state index in [9.17, 15) is 9.59 Å². The lowest BCUT2D eigenvalue weighted by Gasteiger charge is -2.51. The lowest BCUT2D eigenvalue weighted by atomic mass is 9.63. The van der Waals surface area contributed by atoms with Gasteiger partial charge in [-0.2, -0.15) is 9.61 Å². The molecule has 4 heterocycles. The fourth-order valence-corrected chi connectivity index (χ4v) is 6.75. The number of imide groups is 1. The number of fused-ring (bicyclic) bond motifs is 4. The molecule has 43 heavy (non-hydrogen) atoms. The van der Waals surface area contributed by atoms with Crippen molar-refractivity contribution in [2.45, 2.75) is 25.3 Å². The molecule has 1 aliphatic heterocycles. The molecule has 8 rings (SSSR count). The van der Waals surface area contributed by atoms with Crippen molar-refractivity contribution in [3.8, 4) is 22.4 Å². The fourth-order valence-electron chi connectivity index (χ4n) is 6.75. The van der Waals surface area contributed by atoms with Crippen LogP contribution in [-0.4, -0.2) is 36.3 Å². The summed E-state index contributed by atoms with van der Waals surface area (Å²) in [5.41, 5.74) is 7.25. The van der Waals surface area contributed by atoms with Crippen molar-refractivity contribution in [1.82, 2.24) is 24.5 Å². The van der Waals surface area contributed by atoms with Gasteiger partial charge in [-0.3, -0.25) is 14.5 Å². The van der Waals surface area contributed by atoms with Crippen LogP contribution < -0.4 is 0 Å². The van der Waals surface area contributed by atoms with Gasteiger partial charge < -0.3 is 0 Å². The van der Waals surface area contributed by atoms with Gasteiger partial charge >= 0.3 is 0 Å². The van der Waals surface area contributed by atoms with Crippen LogP contribution in [0.15, 0.2) is 110 Å². The number of carbonyl (C=O) groups is 2. The zero-order valence-electron chi connectivity index (χ0n) is 23.6. The minimum absolute atomic E-state index is 0.226. The van der Waals surface area contributed by atoms with Gasteiger partial charge in [0, 0.05) is 28.8 Å². The maximum Gasteiger partial charge on any atom is 0.262 e. The molecule has 1 aliphatic carbocycles. The van der Waals surface area contributed by atoms with Crippen LogP contribution in [0.25, 0.3) is 39.1 Å². The normalized spacial score (nSPS) is 19.6. The number of hydrogen-bond donors (Lipinski definition) is 0. The van der Waals surface area contributed by atoms with E-state index in [1.54, 1.807) is 28.8 Å². The second kappa shape index (κ2) is 9.29. The first-order valence-electron chi connectivity index (χ1n) is 14.4. The number of rotatable bonds is 5. The minimum atomic E-state index is -0.728. The first-order chi connectivity index (χ1) is 21.0. The zero-order chi connectivity index (χ0) is 29.3. The first-order valence-corrected chi connectivity index (χ1v) is 14.4. The van der Waals surface area contributed by atoms with Crippen molar-refractivity contribution in [2.24, 2.45) is 5.92 Å². The van der Waals surface area contributed by atoms with Gasteiger partial charge in [-0.05, 0) is 55.0 Å². The van der Waals surface area contributed by atoms with E-state index < -0.39 is 5.54 Å². The van der Waals surface area contributed by atoms with Crippen molar-refractivity contribution in [3.63, 3.8) is 0 Å². The number of amides is 2. The van der Waals surface area contributed by atoms with E-state index in [2.05, 4.69) is 34.9 Å². The third kappa shape index (κ3) is 3.71. The molecule has 7 nitrogen and oxygen atoms in total. The van der Waals surface area contributed by atoms with Crippen molar-refractivity contribution in [2.75, 3.05) is 0 Å². The highest BCUT2D eigenvalue weighted by Crippen LogP contribution is 2.53. The summed E-state index contributed by atoms with van der Waals surface area (Å²) in [5, 5.41) is 5.54. The molecule has 0 atom stereocenters. The van der Waals surface area contributed by atoms with Gasteiger partial charge in [0.25, 0.3) is 11.8 Å². The number of carbonyl (C=O) groups excluding carboxylic acids is 2. The third-order valence-corrected chi connectivity index (χ3v) is 8.92. The Balaban J connectivity index is 1.27. The SMILES string of the molecule is C=CC1CC(c2ccc(-c3nc4c(cnc5cc(C)nn54)cc3-c3ccccc3)cc2)(N2C(=O)c3ccccc3C2=O)C1. The Morgan fingerprint density at radius 1 is 0.837 bits per heavy atom. The second-order valence-electron chi connectivity index (χ2n) is 11.5. The number of nitrogens with zero attached hydrogens (tertiary/aromatic N) is 5. The van der Waals surface area contributed by atoms with Crippen molar-refractivity contribution >= 4 is 28.5 Å². The molecule has 0 saturated heterocycles. The van der Waals surface area contributed by atoms with Crippen LogP contribution in [0, 0.1) is 12.8 Å². The molecule has 7 heteroatoms. The quantitative estimate of drug-likeness (QED) is 0.167. The highest BCUT2D eigenvalue weighted by atomic mass is 16.2. The van der Waals surface area contributed by atoms with E-state index >= 15 is 0 Å². The topological polar surface area (TPSA) is 80.5 Å². The molecule has 3 aromatic heterocycles. The summed E-state index contributed by atoms with van der Waals surface area (Å²) in [6, 6.07) is 29.5. The molecule has 0 unspecified atom stereocenters. The Morgan fingerprint density at radius 2 is 1.51 bits per heavy atom. The van der Waals surface area contributed by atoms with Gasteiger partial charge in [0.2, 0.25) is 0 Å². The molecule has 6 aromatic rings. The van der Waals surface area contributed by atoms with Crippen LogP contribution in [0.1, 0.15) is 44.8 Å². The third-order valence-electron chi connectivity index (χ3n) is 8.92. The fraction of sp³-hybridized carbons (Fsp3) is 0.139. The number of benzene rings is 3. The van der Waals surface area contributed by atoms with E-state index in [-0.39, 0.29) is 17.7 Å². The number of aromatic nitrogens is 4. The zero-order valence-corrected chi connectivity index (χ0v) is 23.6. The first kappa shape index (κ1) is 25.3. The predicted octanol–water partition coefficient (Wildman–Crippen LogP) is 7.01. The molecular formula is C36H27N5O2. The number of allylic oxidation sites excluding steroid dienone is 1. The molecular weight excluding hydrogens is 534 g/mol. The van der Waals surface area contributed by atoms with E-state index in [1.165, 1.54) is 4.90 Å².